The Labute approximate surface area is 164 Å². The molecular weight excluding hydrogens is 362 g/mol. The van der Waals surface area contributed by atoms with E-state index < -0.39 is 12.1 Å². The van der Waals surface area contributed by atoms with Crippen molar-refractivity contribution in [3.63, 3.8) is 0 Å². The first-order valence-electron chi connectivity index (χ1n) is 9.00. The lowest BCUT2D eigenvalue weighted by Crippen LogP contribution is -2.30. The van der Waals surface area contributed by atoms with Crippen LogP contribution in [0.5, 0.6) is 5.75 Å². The number of amides is 1. The van der Waals surface area contributed by atoms with Crippen molar-refractivity contribution >= 4 is 22.8 Å². The van der Waals surface area contributed by atoms with Gasteiger partial charge < -0.3 is 24.3 Å². The van der Waals surface area contributed by atoms with Crippen LogP contribution in [0.1, 0.15) is 5.56 Å². The molecule has 0 saturated carbocycles. The lowest BCUT2D eigenvalue weighted by atomic mass is 10.1. The van der Waals surface area contributed by atoms with Crippen molar-refractivity contribution in [1.82, 2.24) is 5.32 Å². The molecule has 0 radical (unpaired) electrons. The van der Waals surface area contributed by atoms with Gasteiger partial charge in [-0.3, -0.25) is 0 Å². The third-order valence-corrected chi connectivity index (χ3v) is 3.88. The van der Waals surface area contributed by atoms with Crippen LogP contribution in [-0.4, -0.2) is 51.6 Å². The number of ether oxygens (including phenoxy) is 4. The van der Waals surface area contributed by atoms with Gasteiger partial charge in [-0.1, -0.05) is 36.9 Å². The third-order valence-electron chi connectivity index (χ3n) is 3.88. The van der Waals surface area contributed by atoms with Gasteiger partial charge in [-0.05, 0) is 29.3 Å². The highest BCUT2D eigenvalue weighted by Gasteiger charge is 2.09. The van der Waals surface area contributed by atoms with E-state index in [-0.39, 0.29) is 6.61 Å². The summed E-state index contributed by atoms with van der Waals surface area (Å²) in [4.78, 5) is 22.7. The number of hydrogen-bond acceptors (Lipinski definition) is 6. The minimum Gasteiger partial charge on any atom is -0.460 e. The number of rotatable bonds is 11. The number of aryl methyl sites for hydroxylation is 1. The second-order valence-electron chi connectivity index (χ2n) is 5.82. The maximum absolute atomic E-state index is 11.9. The zero-order chi connectivity index (χ0) is 20.2. The van der Waals surface area contributed by atoms with E-state index in [1.807, 2.05) is 37.3 Å². The van der Waals surface area contributed by atoms with Gasteiger partial charge in [0.15, 0.2) is 0 Å². The van der Waals surface area contributed by atoms with E-state index in [0.29, 0.717) is 38.7 Å². The third kappa shape index (κ3) is 7.02. The van der Waals surface area contributed by atoms with Crippen molar-refractivity contribution in [3.8, 4) is 5.75 Å². The molecule has 0 aliphatic rings. The quantitative estimate of drug-likeness (QED) is 0.363. The van der Waals surface area contributed by atoms with Crippen LogP contribution in [0.2, 0.25) is 0 Å². The number of carbonyl (C=O) groups is 2. The summed E-state index contributed by atoms with van der Waals surface area (Å²) in [5.74, 6) is 0.0550. The molecule has 2 aromatic carbocycles. The summed E-state index contributed by atoms with van der Waals surface area (Å²) >= 11 is 0. The summed E-state index contributed by atoms with van der Waals surface area (Å²) in [7, 11) is 0. The van der Waals surface area contributed by atoms with Gasteiger partial charge in [0.2, 0.25) is 0 Å². The van der Waals surface area contributed by atoms with Gasteiger partial charge >= 0.3 is 12.1 Å². The molecule has 7 nitrogen and oxygen atoms in total. The second kappa shape index (κ2) is 11.7. The number of carbonyl (C=O) groups excluding carboxylic acids is 2. The fourth-order valence-corrected chi connectivity index (χ4v) is 2.46. The van der Waals surface area contributed by atoms with E-state index in [1.165, 1.54) is 0 Å². The Kier molecular flexibility index (Phi) is 8.97. The molecule has 1 N–H and O–H groups in total. The molecule has 2 aromatic rings. The van der Waals surface area contributed by atoms with Crippen LogP contribution in [0.4, 0.5) is 4.79 Å². The van der Waals surface area contributed by atoms with Gasteiger partial charge in [0.05, 0.1) is 26.4 Å². The molecule has 0 spiro atoms. The molecular formula is C21H25NO6. The average molecular weight is 387 g/mol. The summed E-state index contributed by atoms with van der Waals surface area (Å²) in [6.07, 6.45) is 0.574. The van der Waals surface area contributed by atoms with Gasteiger partial charge in [-0.2, -0.15) is 0 Å². The smallest absolute Gasteiger partial charge is 0.412 e. The minimum absolute atomic E-state index is 0.173. The van der Waals surface area contributed by atoms with Crippen molar-refractivity contribution in [2.45, 2.75) is 6.92 Å². The molecule has 0 aliphatic heterocycles. The van der Waals surface area contributed by atoms with E-state index >= 15 is 0 Å². The Hall–Kier alpha value is -2.90. The molecule has 0 aromatic heterocycles. The maximum Gasteiger partial charge on any atom is 0.412 e. The Morgan fingerprint density at radius 1 is 1.00 bits per heavy atom. The largest absolute Gasteiger partial charge is 0.460 e. The molecule has 0 fully saturated rings. The lowest BCUT2D eigenvalue weighted by molar-refractivity contribution is -0.139. The van der Waals surface area contributed by atoms with E-state index in [0.717, 1.165) is 22.4 Å². The number of benzene rings is 2. The van der Waals surface area contributed by atoms with Crippen molar-refractivity contribution < 1.29 is 28.5 Å². The average Bonchev–Trinajstić information content (AvgIpc) is 2.71. The molecule has 0 heterocycles. The highest BCUT2D eigenvalue weighted by atomic mass is 16.6. The fourth-order valence-electron chi connectivity index (χ4n) is 2.46. The summed E-state index contributed by atoms with van der Waals surface area (Å²) in [5.41, 5.74) is 0.917. The Morgan fingerprint density at radius 3 is 2.50 bits per heavy atom. The molecule has 2 rings (SSSR count). The molecule has 7 heteroatoms. The normalized spacial score (nSPS) is 10.5. The number of nitrogens with one attached hydrogen (secondary N) is 1. The van der Waals surface area contributed by atoms with Gasteiger partial charge in [0, 0.05) is 12.6 Å². The predicted molar refractivity (Wildman–Crippen MR) is 106 cm³/mol. The molecule has 150 valence electrons. The van der Waals surface area contributed by atoms with Crippen LogP contribution in [-0.2, 0) is 19.0 Å². The van der Waals surface area contributed by atoms with Crippen LogP contribution in [0.25, 0.3) is 10.8 Å². The Morgan fingerprint density at radius 2 is 1.71 bits per heavy atom. The van der Waals surface area contributed by atoms with Crippen molar-refractivity contribution in [1.29, 1.82) is 0 Å². The van der Waals surface area contributed by atoms with E-state index in [4.69, 9.17) is 18.9 Å². The van der Waals surface area contributed by atoms with Crippen LogP contribution in [0.15, 0.2) is 49.1 Å². The molecule has 0 atom stereocenters. The number of fused-ring (bicyclic) bond motifs is 1. The first-order valence-corrected chi connectivity index (χ1v) is 9.00. The summed E-state index contributed by atoms with van der Waals surface area (Å²) in [6.45, 7) is 7.08. The van der Waals surface area contributed by atoms with E-state index in [9.17, 15) is 9.59 Å². The van der Waals surface area contributed by atoms with Crippen LogP contribution in [0.3, 0.4) is 0 Å². The van der Waals surface area contributed by atoms with Crippen molar-refractivity contribution in [2.24, 2.45) is 0 Å². The SMILES string of the molecule is C=CC(=O)OCCOCCOCCNC(=O)Oc1ccc2ccccc2c1C. The molecule has 0 unspecified atom stereocenters. The first kappa shape index (κ1) is 21.4. The summed E-state index contributed by atoms with van der Waals surface area (Å²) in [5, 5.41) is 4.79. The first-order chi connectivity index (χ1) is 13.6. The molecule has 28 heavy (non-hydrogen) atoms. The molecule has 0 aliphatic carbocycles. The number of esters is 1. The zero-order valence-electron chi connectivity index (χ0n) is 15.9. The molecule has 1 amide bonds. The Balaban J connectivity index is 1.57. The van der Waals surface area contributed by atoms with Gasteiger partial charge in [-0.25, -0.2) is 9.59 Å². The fraction of sp³-hybridized carbons (Fsp3) is 0.333. The van der Waals surface area contributed by atoms with Crippen LogP contribution < -0.4 is 10.1 Å². The number of hydrogen-bond donors (Lipinski definition) is 1. The lowest BCUT2D eigenvalue weighted by Gasteiger charge is -2.11. The standard InChI is InChI=1S/C21H25NO6/c1-3-20(23)27-15-14-26-13-12-25-11-10-22-21(24)28-19-9-8-17-6-4-5-7-18(17)16(19)2/h3-9H,1,10-15H2,2H3,(H,22,24). The molecule has 0 saturated heterocycles. The van der Waals surface area contributed by atoms with Crippen molar-refractivity contribution in [2.75, 3.05) is 39.6 Å². The summed E-state index contributed by atoms with van der Waals surface area (Å²) < 4.78 is 20.7. The van der Waals surface area contributed by atoms with Gasteiger partial charge in [0.25, 0.3) is 0 Å². The zero-order valence-corrected chi connectivity index (χ0v) is 15.9. The van der Waals surface area contributed by atoms with E-state index in [1.54, 1.807) is 6.07 Å². The van der Waals surface area contributed by atoms with Crippen LogP contribution >= 0.6 is 0 Å². The predicted octanol–water partition coefficient (Wildman–Crippen LogP) is 3.00. The van der Waals surface area contributed by atoms with Gasteiger partial charge in [0.1, 0.15) is 12.4 Å². The minimum atomic E-state index is -0.526. The molecule has 0 bridgehead atoms. The van der Waals surface area contributed by atoms with Crippen molar-refractivity contribution in [3.05, 3.63) is 54.6 Å². The van der Waals surface area contributed by atoms with Gasteiger partial charge in [-0.15, -0.1) is 0 Å². The monoisotopic (exact) mass is 387 g/mol. The van der Waals surface area contributed by atoms with Crippen LogP contribution in [0, 0.1) is 6.92 Å². The maximum atomic E-state index is 11.9. The summed E-state index contributed by atoms with van der Waals surface area (Å²) in [6, 6.07) is 11.6. The highest BCUT2D eigenvalue weighted by molar-refractivity contribution is 5.88. The second-order valence-corrected chi connectivity index (χ2v) is 5.82. The topological polar surface area (TPSA) is 83.1 Å². The van der Waals surface area contributed by atoms with E-state index in [2.05, 4.69) is 11.9 Å². The Bertz CT molecular complexity index is 805. The highest BCUT2D eigenvalue weighted by Crippen LogP contribution is 2.27.